The largest absolute Gasteiger partial charge is 0.380 e. The maximum atomic E-state index is 14.9. The van der Waals surface area contributed by atoms with E-state index in [0.717, 1.165) is 6.42 Å². The molecule has 8 nitrogen and oxygen atoms in total. The number of hydrogen-bond acceptors (Lipinski definition) is 6. The van der Waals surface area contributed by atoms with E-state index in [-0.39, 0.29) is 29.6 Å². The molecule has 9 heteroatoms. The van der Waals surface area contributed by atoms with Crippen molar-refractivity contribution < 1.29 is 23.8 Å². The molecule has 2 atom stereocenters. The zero-order valence-electron chi connectivity index (χ0n) is 17.5. The van der Waals surface area contributed by atoms with E-state index >= 15 is 0 Å². The molecule has 1 aromatic carbocycles. The van der Waals surface area contributed by atoms with Crippen molar-refractivity contribution in [1.29, 1.82) is 0 Å². The van der Waals surface area contributed by atoms with Gasteiger partial charge in [0.1, 0.15) is 5.69 Å². The van der Waals surface area contributed by atoms with Gasteiger partial charge in [-0.05, 0) is 18.6 Å². The lowest BCUT2D eigenvalue weighted by atomic mass is 10.0. The molecule has 32 heavy (non-hydrogen) atoms. The third-order valence-corrected chi connectivity index (χ3v) is 5.58. The Morgan fingerprint density at radius 1 is 1.47 bits per heavy atom. The lowest BCUT2D eigenvalue weighted by Gasteiger charge is -2.27. The highest BCUT2D eigenvalue weighted by molar-refractivity contribution is 5.97. The molecule has 0 aliphatic carbocycles. The first-order valence-electron chi connectivity index (χ1n) is 10.2. The number of nitrogens with zero attached hydrogens (tertiary/aromatic N) is 2. The molecule has 2 amide bonds. The van der Waals surface area contributed by atoms with Crippen LogP contribution in [0.2, 0.25) is 0 Å². The highest BCUT2D eigenvalue weighted by Crippen LogP contribution is 2.27. The van der Waals surface area contributed by atoms with Gasteiger partial charge in [0.15, 0.2) is 11.5 Å². The molecule has 2 aliphatic rings. The summed E-state index contributed by atoms with van der Waals surface area (Å²) in [4.78, 5) is 29.6. The van der Waals surface area contributed by atoms with Gasteiger partial charge in [0, 0.05) is 50.4 Å². The SMILES string of the molecule is CN1CC[C@@](O)(C#Cc2cccc(-c3nc(C(N)=O)c(NC[C@@H]4CCO4)cc3F)c2)C1=O. The fraction of sp³-hybridized carbons (Fsp3) is 0.348. The molecule has 2 aromatic rings. The summed E-state index contributed by atoms with van der Waals surface area (Å²) in [5, 5.41) is 13.4. The first-order valence-corrected chi connectivity index (χ1v) is 10.2. The molecule has 0 bridgehead atoms. The second-order valence-electron chi connectivity index (χ2n) is 7.91. The molecule has 4 rings (SSSR count). The minimum absolute atomic E-state index is 0.00933. The topological polar surface area (TPSA) is 118 Å². The molecule has 2 saturated heterocycles. The average molecular weight is 438 g/mol. The van der Waals surface area contributed by atoms with Gasteiger partial charge in [-0.25, -0.2) is 9.37 Å². The summed E-state index contributed by atoms with van der Waals surface area (Å²) >= 11 is 0. The predicted octanol–water partition coefficient (Wildman–Crippen LogP) is 1.13. The highest BCUT2D eigenvalue weighted by Gasteiger charge is 2.42. The van der Waals surface area contributed by atoms with Gasteiger partial charge in [0.2, 0.25) is 5.60 Å². The van der Waals surface area contributed by atoms with Crippen molar-refractivity contribution in [3.63, 3.8) is 0 Å². The second kappa shape index (κ2) is 8.57. The van der Waals surface area contributed by atoms with Crippen molar-refractivity contribution in [1.82, 2.24) is 9.88 Å². The zero-order chi connectivity index (χ0) is 22.9. The monoisotopic (exact) mass is 438 g/mol. The van der Waals surface area contributed by atoms with Crippen LogP contribution in [-0.4, -0.2) is 65.3 Å². The molecule has 2 aliphatic heterocycles. The number of nitrogens with one attached hydrogen (secondary N) is 1. The Labute approximate surface area is 184 Å². The van der Waals surface area contributed by atoms with Crippen molar-refractivity contribution >= 4 is 17.5 Å². The van der Waals surface area contributed by atoms with Crippen LogP contribution < -0.4 is 11.1 Å². The minimum Gasteiger partial charge on any atom is -0.380 e. The van der Waals surface area contributed by atoms with E-state index < -0.39 is 23.2 Å². The number of likely N-dealkylation sites (N-methyl/N-ethyl adjacent to an activating group) is 1. The Kier molecular flexibility index (Phi) is 5.82. The fourth-order valence-corrected chi connectivity index (χ4v) is 3.57. The number of benzene rings is 1. The molecule has 0 saturated carbocycles. The average Bonchev–Trinajstić information content (AvgIpc) is 2.99. The lowest BCUT2D eigenvalue weighted by Crippen LogP contribution is -2.37. The predicted molar refractivity (Wildman–Crippen MR) is 115 cm³/mol. The van der Waals surface area contributed by atoms with Gasteiger partial charge >= 0.3 is 0 Å². The maximum absolute atomic E-state index is 14.9. The van der Waals surface area contributed by atoms with E-state index in [4.69, 9.17) is 10.5 Å². The van der Waals surface area contributed by atoms with Crippen LogP contribution in [0.1, 0.15) is 28.9 Å². The van der Waals surface area contributed by atoms with Crippen molar-refractivity contribution in [3.8, 4) is 23.1 Å². The number of carbonyl (C=O) groups excluding carboxylic acids is 2. The van der Waals surface area contributed by atoms with Crippen LogP contribution in [0, 0.1) is 17.7 Å². The third kappa shape index (κ3) is 4.28. The molecular formula is C23H23FN4O4. The minimum atomic E-state index is -1.73. The van der Waals surface area contributed by atoms with Crippen molar-refractivity contribution in [2.75, 3.05) is 32.1 Å². The number of anilines is 1. The van der Waals surface area contributed by atoms with Crippen LogP contribution in [0.25, 0.3) is 11.3 Å². The number of amides is 2. The first-order chi connectivity index (χ1) is 15.3. The van der Waals surface area contributed by atoms with Crippen LogP contribution in [0.5, 0.6) is 0 Å². The second-order valence-corrected chi connectivity index (χ2v) is 7.91. The van der Waals surface area contributed by atoms with E-state index in [1.807, 2.05) is 0 Å². The number of pyridine rings is 1. The number of nitrogens with two attached hydrogens (primary N) is 1. The summed E-state index contributed by atoms with van der Waals surface area (Å²) in [7, 11) is 1.60. The fourth-order valence-electron chi connectivity index (χ4n) is 3.57. The van der Waals surface area contributed by atoms with Crippen LogP contribution in [0.4, 0.5) is 10.1 Å². The Balaban J connectivity index is 1.62. The summed E-state index contributed by atoms with van der Waals surface area (Å²) in [6, 6.07) is 7.71. The number of carbonyl (C=O) groups is 2. The number of hydrogen-bond donors (Lipinski definition) is 3. The number of aliphatic hydroxyl groups is 1. The number of halogens is 1. The highest BCUT2D eigenvalue weighted by atomic mass is 19.1. The molecule has 1 aromatic heterocycles. The van der Waals surface area contributed by atoms with E-state index in [2.05, 4.69) is 22.1 Å². The molecule has 0 radical (unpaired) electrons. The van der Waals surface area contributed by atoms with Gasteiger partial charge in [-0.2, -0.15) is 0 Å². The lowest BCUT2D eigenvalue weighted by molar-refractivity contribution is -0.137. The van der Waals surface area contributed by atoms with Crippen LogP contribution >= 0.6 is 0 Å². The van der Waals surface area contributed by atoms with Crippen LogP contribution in [0.15, 0.2) is 30.3 Å². The Morgan fingerprint density at radius 2 is 2.25 bits per heavy atom. The van der Waals surface area contributed by atoms with E-state index in [1.54, 1.807) is 31.3 Å². The van der Waals surface area contributed by atoms with E-state index in [9.17, 15) is 19.1 Å². The van der Waals surface area contributed by atoms with E-state index in [1.165, 1.54) is 11.0 Å². The molecular weight excluding hydrogens is 415 g/mol. The molecule has 0 spiro atoms. The summed E-state index contributed by atoms with van der Waals surface area (Å²) in [5.74, 6) is 3.54. The van der Waals surface area contributed by atoms with Crippen molar-refractivity contribution in [2.24, 2.45) is 5.73 Å². The summed E-state index contributed by atoms with van der Waals surface area (Å²) in [5.41, 5.74) is 4.66. The summed E-state index contributed by atoms with van der Waals surface area (Å²) < 4.78 is 20.2. The zero-order valence-corrected chi connectivity index (χ0v) is 17.5. The quantitative estimate of drug-likeness (QED) is 0.603. The number of primary amides is 1. The summed E-state index contributed by atoms with van der Waals surface area (Å²) in [6.45, 7) is 1.52. The van der Waals surface area contributed by atoms with Gasteiger partial charge < -0.3 is 25.8 Å². The smallest absolute Gasteiger partial charge is 0.269 e. The Morgan fingerprint density at radius 3 is 2.88 bits per heavy atom. The molecule has 0 unspecified atom stereocenters. The molecule has 4 N–H and O–H groups in total. The van der Waals surface area contributed by atoms with Gasteiger partial charge in [-0.3, -0.25) is 9.59 Å². The summed E-state index contributed by atoms with van der Waals surface area (Å²) in [6.07, 6.45) is 1.11. The standard InChI is InChI=1S/C23H23FN4O4/c1-28-9-8-23(31,22(28)30)7-5-14-3-2-4-15(11-14)19-17(24)12-18(20(27-19)21(25)29)26-13-16-6-10-32-16/h2-4,11-12,16,26,31H,6,8-10,13H2,1H3,(H2,25,29)/t16-,23-/m0/s1. The van der Waals surface area contributed by atoms with Crippen molar-refractivity contribution in [3.05, 3.63) is 47.4 Å². The number of aromatic nitrogens is 1. The molecule has 2 fully saturated rings. The number of likely N-dealkylation sites (tertiary alicyclic amines) is 1. The van der Waals surface area contributed by atoms with Crippen LogP contribution in [0.3, 0.4) is 0 Å². The van der Waals surface area contributed by atoms with Crippen LogP contribution in [-0.2, 0) is 9.53 Å². The number of ether oxygens (including phenoxy) is 1. The Bertz CT molecular complexity index is 1140. The van der Waals surface area contributed by atoms with Crippen molar-refractivity contribution in [2.45, 2.75) is 24.5 Å². The third-order valence-electron chi connectivity index (χ3n) is 5.58. The normalized spacial score (nSPS) is 22.2. The van der Waals surface area contributed by atoms with Gasteiger partial charge in [-0.15, -0.1) is 0 Å². The molecule has 166 valence electrons. The van der Waals surface area contributed by atoms with Gasteiger partial charge in [0.25, 0.3) is 11.8 Å². The molecule has 3 heterocycles. The first kappa shape index (κ1) is 21.7. The number of rotatable bonds is 5. The van der Waals surface area contributed by atoms with Gasteiger partial charge in [0.05, 0.1) is 11.8 Å². The van der Waals surface area contributed by atoms with Gasteiger partial charge in [-0.1, -0.05) is 24.0 Å². The Hall–Kier alpha value is -3.48. The maximum Gasteiger partial charge on any atom is 0.269 e. The van der Waals surface area contributed by atoms with E-state index in [0.29, 0.717) is 30.8 Å².